The zero-order chi connectivity index (χ0) is 17.1. The van der Waals surface area contributed by atoms with Crippen LogP contribution < -0.4 is 0 Å². The molecule has 0 heterocycles. The molecule has 1 aromatic rings. The summed E-state index contributed by atoms with van der Waals surface area (Å²) < 4.78 is 12.3. The third-order valence-electron chi connectivity index (χ3n) is 3.95. The summed E-state index contributed by atoms with van der Waals surface area (Å²) in [5.41, 5.74) is 0.526. The Kier molecular flexibility index (Phi) is 9.03. The molecule has 0 aliphatic carbocycles. The molecule has 4 nitrogen and oxygen atoms in total. The van der Waals surface area contributed by atoms with Crippen molar-refractivity contribution in [1.29, 1.82) is 0 Å². The monoisotopic (exact) mass is 324 g/mol. The van der Waals surface area contributed by atoms with E-state index < -0.39 is 5.79 Å². The summed E-state index contributed by atoms with van der Waals surface area (Å²) >= 11 is 0. The van der Waals surface area contributed by atoms with Crippen molar-refractivity contribution in [3.8, 4) is 11.5 Å². The van der Waals surface area contributed by atoms with E-state index in [2.05, 4.69) is 20.8 Å². The number of ether oxygens (including phenoxy) is 2. The molecule has 0 saturated carbocycles. The third kappa shape index (κ3) is 5.70. The third-order valence-corrected chi connectivity index (χ3v) is 3.95. The molecular weight excluding hydrogens is 292 g/mol. The molecule has 0 radical (unpaired) electrons. The molecule has 4 heteroatoms. The molecule has 0 bridgehead atoms. The van der Waals surface area contributed by atoms with Gasteiger partial charge in [0.05, 0.1) is 18.8 Å². The van der Waals surface area contributed by atoms with Gasteiger partial charge in [-0.05, 0) is 31.4 Å². The summed E-state index contributed by atoms with van der Waals surface area (Å²) in [5.74, 6) is -1.26. The van der Waals surface area contributed by atoms with Crippen molar-refractivity contribution in [2.24, 2.45) is 0 Å². The van der Waals surface area contributed by atoms with Crippen molar-refractivity contribution in [1.82, 2.24) is 0 Å². The molecule has 0 spiro atoms. The highest BCUT2D eigenvalue weighted by Crippen LogP contribution is 2.42. The lowest BCUT2D eigenvalue weighted by Crippen LogP contribution is -2.34. The van der Waals surface area contributed by atoms with Crippen LogP contribution in [0.1, 0.15) is 71.3 Å². The van der Waals surface area contributed by atoms with Crippen LogP contribution >= 0.6 is 0 Å². The first-order chi connectivity index (χ1) is 11.1. The average Bonchev–Trinajstić information content (AvgIpc) is 2.55. The summed E-state index contributed by atoms with van der Waals surface area (Å²) in [6.45, 7) is 7.48. The highest BCUT2D eigenvalue weighted by atomic mass is 16.7. The van der Waals surface area contributed by atoms with Crippen molar-refractivity contribution >= 4 is 0 Å². The minimum atomic E-state index is -0.983. The minimum absolute atomic E-state index is 0.137. The normalized spacial score (nSPS) is 11.8. The van der Waals surface area contributed by atoms with Crippen molar-refractivity contribution in [3.05, 3.63) is 23.8 Å². The zero-order valence-corrected chi connectivity index (χ0v) is 14.8. The van der Waals surface area contributed by atoms with Gasteiger partial charge in [0.15, 0.2) is 17.3 Å². The molecule has 0 saturated heterocycles. The van der Waals surface area contributed by atoms with Gasteiger partial charge in [-0.2, -0.15) is 0 Å². The van der Waals surface area contributed by atoms with Gasteiger partial charge in [-0.1, -0.05) is 46.1 Å². The fourth-order valence-corrected chi connectivity index (χ4v) is 2.49. The zero-order valence-electron chi connectivity index (χ0n) is 14.8. The summed E-state index contributed by atoms with van der Waals surface area (Å²) in [5, 5.41) is 20.2. The van der Waals surface area contributed by atoms with E-state index in [1.807, 2.05) is 0 Å². The predicted octanol–water partition coefficient (Wildman–Crippen LogP) is 5.07. The number of para-hydroxylation sites is 1. The molecule has 132 valence electrons. The number of benzene rings is 1. The van der Waals surface area contributed by atoms with E-state index in [-0.39, 0.29) is 11.5 Å². The van der Waals surface area contributed by atoms with Crippen molar-refractivity contribution in [2.45, 2.75) is 71.5 Å². The van der Waals surface area contributed by atoms with Gasteiger partial charge >= 0.3 is 0 Å². The fourth-order valence-electron chi connectivity index (χ4n) is 2.49. The molecule has 23 heavy (non-hydrogen) atoms. The number of hydrogen-bond acceptors (Lipinski definition) is 4. The van der Waals surface area contributed by atoms with E-state index in [0.717, 1.165) is 38.5 Å². The summed E-state index contributed by atoms with van der Waals surface area (Å²) in [6, 6.07) is 4.97. The van der Waals surface area contributed by atoms with Gasteiger partial charge in [0.1, 0.15) is 0 Å². The molecular formula is C19H32O4. The van der Waals surface area contributed by atoms with Crippen LogP contribution in [-0.4, -0.2) is 23.4 Å². The standard InChI is InChI=1S/C19H32O4/c1-4-7-13-19(22-14-8-5-2,23-15-9-6-3)16-11-10-12-17(20)18(16)21/h10-12,20-21H,4-9,13-15H2,1-3H3. The Hall–Kier alpha value is -1.26. The Balaban J connectivity index is 3.13. The van der Waals surface area contributed by atoms with E-state index in [1.165, 1.54) is 6.07 Å². The first-order valence-corrected chi connectivity index (χ1v) is 8.90. The molecule has 1 aromatic carbocycles. The maximum atomic E-state index is 10.3. The smallest absolute Gasteiger partial charge is 0.198 e. The second kappa shape index (κ2) is 10.5. The quantitative estimate of drug-likeness (QED) is 0.320. The fraction of sp³-hybridized carbons (Fsp3) is 0.684. The maximum Gasteiger partial charge on any atom is 0.198 e. The second-order valence-corrected chi connectivity index (χ2v) is 5.93. The van der Waals surface area contributed by atoms with Crippen LogP contribution in [0.3, 0.4) is 0 Å². The Bertz CT molecular complexity index is 435. The Labute approximate surface area is 140 Å². The SMILES string of the molecule is CCCCOC(CCCC)(OCCCC)c1cccc(O)c1O. The van der Waals surface area contributed by atoms with Gasteiger partial charge in [0.2, 0.25) is 0 Å². The largest absolute Gasteiger partial charge is 0.504 e. The van der Waals surface area contributed by atoms with Gasteiger partial charge in [-0.3, -0.25) is 0 Å². The van der Waals surface area contributed by atoms with Gasteiger partial charge < -0.3 is 19.7 Å². The number of phenolic OH excluding ortho intramolecular Hbond substituents is 2. The Morgan fingerprint density at radius 3 is 1.96 bits per heavy atom. The van der Waals surface area contributed by atoms with E-state index in [4.69, 9.17) is 9.47 Å². The van der Waals surface area contributed by atoms with Gasteiger partial charge in [0.25, 0.3) is 0 Å². The highest BCUT2D eigenvalue weighted by molar-refractivity contribution is 5.46. The number of hydrogen-bond donors (Lipinski definition) is 2. The van der Waals surface area contributed by atoms with Gasteiger partial charge in [-0.15, -0.1) is 0 Å². The van der Waals surface area contributed by atoms with E-state index in [0.29, 0.717) is 25.2 Å². The Morgan fingerprint density at radius 1 is 0.870 bits per heavy atom. The first-order valence-electron chi connectivity index (χ1n) is 8.90. The number of aromatic hydroxyl groups is 2. The van der Waals surface area contributed by atoms with Crippen LogP contribution in [0.15, 0.2) is 18.2 Å². The van der Waals surface area contributed by atoms with Crippen molar-refractivity contribution in [2.75, 3.05) is 13.2 Å². The molecule has 0 unspecified atom stereocenters. The van der Waals surface area contributed by atoms with Gasteiger partial charge in [0, 0.05) is 6.42 Å². The highest BCUT2D eigenvalue weighted by Gasteiger charge is 2.37. The molecule has 0 aliphatic heterocycles. The van der Waals surface area contributed by atoms with Crippen LogP contribution in [0.2, 0.25) is 0 Å². The second-order valence-electron chi connectivity index (χ2n) is 5.93. The van der Waals surface area contributed by atoms with Crippen LogP contribution in [0, 0.1) is 0 Å². The van der Waals surface area contributed by atoms with Crippen LogP contribution in [0.4, 0.5) is 0 Å². The molecule has 1 rings (SSSR count). The summed E-state index contributed by atoms with van der Waals surface area (Å²) in [7, 11) is 0. The van der Waals surface area contributed by atoms with Crippen molar-refractivity contribution < 1.29 is 19.7 Å². The molecule has 0 amide bonds. The minimum Gasteiger partial charge on any atom is -0.504 e. The lowest BCUT2D eigenvalue weighted by atomic mass is 9.97. The average molecular weight is 324 g/mol. The topological polar surface area (TPSA) is 58.9 Å². The Morgan fingerprint density at radius 2 is 1.43 bits per heavy atom. The predicted molar refractivity (Wildman–Crippen MR) is 92.7 cm³/mol. The van der Waals surface area contributed by atoms with Crippen LogP contribution in [-0.2, 0) is 15.3 Å². The number of phenols is 2. The van der Waals surface area contributed by atoms with Crippen LogP contribution in [0.5, 0.6) is 11.5 Å². The molecule has 0 fully saturated rings. The number of unbranched alkanes of at least 4 members (excludes halogenated alkanes) is 3. The van der Waals surface area contributed by atoms with E-state index in [9.17, 15) is 10.2 Å². The lowest BCUT2D eigenvalue weighted by Gasteiger charge is -2.35. The first kappa shape index (κ1) is 19.8. The number of rotatable bonds is 12. The van der Waals surface area contributed by atoms with Crippen LogP contribution in [0.25, 0.3) is 0 Å². The molecule has 0 aliphatic rings. The molecule has 0 aromatic heterocycles. The summed E-state index contributed by atoms with van der Waals surface area (Å²) in [6.07, 6.45) is 6.53. The van der Waals surface area contributed by atoms with Crippen molar-refractivity contribution in [3.63, 3.8) is 0 Å². The molecule has 2 N–H and O–H groups in total. The molecule has 0 atom stereocenters. The van der Waals surface area contributed by atoms with Gasteiger partial charge in [-0.25, -0.2) is 0 Å². The maximum absolute atomic E-state index is 10.3. The lowest BCUT2D eigenvalue weighted by molar-refractivity contribution is -0.253. The van der Waals surface area contributed by atoms with E-state index in [1.54, 1.807) is 12.1 Å². The summed E-state index contributed by atoms with van der Waals surface area (Å²) in [4.78, 5) is 0. The van der Waals surface area contributed by atoms with E-state index >= 15 is 0 Å².